The SMILES string of the molecule is CCNC(C)CCOc1ccccc1Cl. The van der Waals surface area contributed by atoms with E-state index in [9.17, 15) is 0 Å². The van der Waals surface area contributed by atoms with Gasteiger partial charge in [0, 0.05) is 6.04 Å². The predicted molar refractivity (Wildman–Crippen MR) is 64.7 cm³/mol. The molecule has 2 nitrogen and oxygen atoms in total. The molecule has 3 heteroatoms. The quantitative estimate of drug-likeness (QED) is 0.807. The average molecular weight is 228 g/mol. The van der Waals surface area contributed by atoms with E-state index in [1.54, 1.807) is 0 Å². The average Bonchev–Trinajstić information content (AvgIpc) is 2.21. The molecule has 1 N–H and O–H groups in total. The van der Waals surface area contributed by atoms with Crippen molar-refractivity contribution in [2.75, 3.05) is 13.2 Å². The molecule has 1 aromatic carbocycles. The third-order valence-electron chi connectivity index (χ3n) is 2.20. The minimum atomic E-state index is 0.484. The van der Waals surface area contributed by atoms with Gasteiger partial charge in [0.15, 0.2) is 0 Å². The van der Waals surface area contributed by atoms with E-state index in [-0.39, 0.29) is 0 Å². The Labute approximate surface area is 96.6 Å². The van der Waals surface area contributed by atoms with E-state index < -0.39 is 0 Å². The van der Waals surface area contributed by atoms with Crippen LogP contribution in [0, 0.1) is 0 Å². The number of benzene rings is 1. The zero-order valence-corrected chi connectivity index (χ0v) is 10.1. The summed E-state index contributed by atoms with van der Waals surface area (Å²) >= 11 is 5.96. The predicted octanol–water partition coefficient (Wildman–Crippen LogP) is 3.11. The van der Waals surface area contributed by atoms with Gasteiger partial charge in [-0.05, 0) is 32.0 Å². The number of hydrogen-bond donors (Lipinski definition) is 1. The Morgan fingerprint density at radius 3 is 2.80 bits per heavy atom. The molecule has 0 radical (unpaired) electrons. The molecule has 15 heavy (non-hydrogen) atoms. The zero-order chi connectivity index (χ0) is 11.1. The van der Waals surface area contributed by atoms with Gasteiger partial charge >= 0.3 is 0 Å². The van der Waals surface area contributed by atoms with Gasteiger partial charge in [-0.3, -0.25) is 0 Å². The summed E-state index contributed by atoms with van der Waals surface area (Å²) in [7, 11) is 0. The van der Waals surface area contributed by atoms with Crippen LogP contribution in [0.4, 0.5) is 0 Å². The second-order valence-electron chi connectivity index (χ2n) is 3.53. The highest BCUT2D eigenvalue weighted by atomic mass is 35.5. The number of hydrogen-bond acceptors (Lipinski definition) is 2. The molecule has 0 saturated heterocycles. The van der Waals surface area contributed by atoms with Gasteiger partial charge in [0.2, 0.25) is 0 Å². The Morgan fingerprint density at radius 1 is 1.40 bits per heavy atom. The third-order valence-corrected chi connectivity index (χ3v) is 2.51. The molecule has 1 rings (SSSR count). The van der Waals surface area contributed by atoms with Crippen molar-refractivity contribution in [3.8, 4) is 5.75 Å². The number of nitrogens with one attached hydrogen (secondary N) is 1. The van der Waals surface area contributed by atoms with Crippen molar-refractivity contribution in [2.24, 2.45) is 0 Å². The van der Waals surface area contributed by atoms with Crippen LogP contribution < -0.4 is 10.1 Å². The van der Waals surface area contributed by atoms with Crippen LogP contribution in [0.1, 0.15) is 20.3 Å². The molecule has 84 valence electrons. The maximum Gasteiger partial charge on any atom is 0.137 e. The number of halogens is 1. The lowest BCUT2D eigenvalue weighted by atomic mass is 10.2. The second kappa shape index (κ2) is 6.70. The van der Waals surface area contributed by atoms with Crippen LogP contribution >= 0.6 is 11.6 Å². The first-order valence-corrected chi connectivity index (χ1v) is 5.72. The van der Waals surface area contributed by atoms with E-state index >= 15 is 0 Å². The molecule has 0 heterocycles. The lowest BCUT2D eigenvalue weighted by molar-refractivity contribution is 0.291. The van der Waals surface area contributed by atoms with Gasteiger partial charge in [-0.25, -0.2) is 0 Å². The fraction of sp³-hybridized carbons (Fsp3) is 0.500. The first kappa shape index (κ1) is 12.3. The van der Waals surface area contributed by atoms with Gasteiger partial charge in [-0.1, -0.05) is 30.7 Å². The summed E-state index contributed by atoms with van der Waals surface area (Å²) in [5.41, 5.74) is 0. The first-order chi connectivity index (χ1) is 7.24. The Hall–Kier alpha value is -0.730. The Kier molecular flexibility index (Phi) is 5.51. The highest BCUT2D eigenvalue weighted by molar-refractivity contribution is 6.32. The fourth-order valence-electron chi connectivity index (χ4n) is 1.36. The highest BCUT2D eigenvalue weighted by Crippen LogP contribution is 2.23. The smallest absolute Gasteiger partial charge is 0.137 e. The summed E-state index contributed by atoms with van der Waals surface area (Å²) in [6.07, 6.45) is 0.985. The van der Waals surface area contributed by atoms with Gasteiger partial charge in [-0.15, -0.1) is 0 Å². The maximum atomic E-state index is 5.96. The molecule has 1 unspecified atom stereocenters. The van der Waals surface area contributed by atoms with Crippen LogP contribution in [0.25, 0.3) is 0 Å². The summed E-state index contributed by atoms with van der Waals surface area (Å²) in [6, 6.07) is 8.04. The lowest BCUT2D eigenvalue weighted by Crippen LogP contribution is -2.27. The number of ether oxygens (including phenoxy) is 1. The zero-order valence-electron chi connectivity index (χ0n) is 9.29. The van der Waals surface area contributed by atoms with Crippen molar-refractivity contribution < 1.29 is 4.74 Å². The van der Waals surface area contributed by atoms with E-state index in [2.05, 4.69) is 19.2 Å². The van der Waals surface area contributed by atoms with Gasteiger partial charge in [0.1, 0.15) is 5.75 Å². The minimum Gasteiger partial charge on any atom is -0.492 e. The molecule has 0 bridgehead atoms. The summed E-state index contributed by atoms with van der Waals surface area (Å²) in [5.74, 6) is 0.767. The summed E-state index contributed by atoms with van der Waals surface area (Å²) in [6.45, 7) is 5.94. The van der Waals surface area contributed by atoms with Crippen molar-refractivity contribution >= 4 is 11.6 Å². The Bertz CT molecular complexity index is 291. The maximum absolute atomic E-state index is 5.96. The molecule has 0 aliphatic carbocycles. The van der Waals surface area contributed by atoms with Crippen LogP contribution in [0.5, 0.6) is 5.75 Å². The van der Waals surface area contributed by atoms with Crippen LogP contribution in [0.3, 0.4) is 0 Å². The van der Waals surface area contributed by atoms with Gasteiger partial charge in [0.05, 0.1) is 11.6 Å². The molecular formula is C12H18ClNO. The first-order valence-electron chi connectivity index (χ1n) is 5.34. The van der Waals surface area contributed by atoms with E-state index in [0.717, 1.165) is 18.7 Å². The lowest BCUT2D eigenvalue weighted by Gasteiger charge is -2.13. The van der Waals surface area contributed by atoms with Gasteiger partial charge < -0.3 is 10.1 Å². The monoisotopic (exact) mass is 227 g/mol. The normalized spacial score (nSPS) is 12.5. The molecule has 0 aliphatic heterocycles. The second-order valence-corrected chi connectivity index (χ2v) is 3.93. The largest absolute Gasteiger partial charge is 0.492 e. The third kappa shape index (κ3) is 4.54. The molecular weight excluding hydrogens is 210 g/mol. The van der Waals surface area contributed by atoms with Crippen LogP contribution in [0.15, 0.2) is 24.3 Å². The van der Waals surface area contributed by atoms with Crippen molar-refractivity contribution in [1.82, 2.24) is 5.32 Å². The van der Waals surface area contributed by atoms with Crippen LogP contribution in [-0.2, 0) is 0 Å². The molecule has 0 saturated carbocycles. The Balaban J connectivity index is 2.29. The number of rotatable bonds is 6. The topological polar surface area (TPSA) is 21.3 Å². The summed E-state index contributed by atoms with van der Waals surface area (Å²) in [4.78, 5) is 0. The Morgan fingerprint density at radius 2 is 2.13 bits per heavy atom. The number of para-hydroxylation sites is 1. The van der Waals surface area contributed by atoms with Gasteiger partial charge in [-0.2, -0.15) is 0 Å². The minimum absolute atomic E-state index is 0.484. The fourth-order valence-corrected chi connectivity index (χ4v) is 1.55. The molecule has 0 aliphatic rings. The summed E-state index contributed by atoms with van der Waals surface area (Å²) in [5, 5.41) is 4.01. The van der Waals surface area contributed by atoms with Crippen LogP contribution in [-0.4, -0.2) is 19.2 Å². The van der Waals surface area contributed by atoms with Crippen molar-refractivity contribution in [1.29, 1.82) is 0 Å². The van der Waals surface area contributed by atoms with Crippen molar-refractivity contribution in [3.63, 3.8) is 0 Å². The van der Waals surface area contributed by atoms with E-state index in [1.807, 2.05) is 24.3 Å². The molecule has 0 aromatic heterocycles. The van der Waals surface area contributed by atoms with Crippen LogP contribution in [0.2, 0.25) is 5.02 Å². The van der Waals surface area contributed by atoms with E-state index in [0.29, 0.717) is 17.7 Å². The molecule has 1 aromatic rings. The van der Waals surface area contributed by atoms with E-state index in [4.69, 9.17) is 16.3 Å². The highest BCUT2D eigenvalue weighted by Gasteiger charge is 2.02. The molecule has 0 spiro atoms. The molecule has 1 atom stereocenters. The standard InChI is InChI=1S/C12H18ClNO/c1-3-14-10(2)8-9-15-12-7-5-4-6-11(12)13/h4-7,10,14H,3,8-9H2,1-2H3. The molecule has 0 amide bonds. The molecule has 0 fully saturated rings. The van der Waals surface area contributed by atoms with Gasteiger partial charge in [0.25, 0.3) is 0 Å². The van der Waals surface area contributed by atoms with Crippen molar-refractivity contribution in [3.05, 3.63) is 29.3 Å². The van der Waals surface area contributed by atoms with E-state index in [1.165, 1.54) is 0 Å². The van der Waals surface area contributed by atoms with Crippen molar-refractivity contribution in [2.45, 2.75) is 26.3 Å². The summed E-state index contributed by atoms with van der Waals surface area (Å²) < 4.78 is 5.58.